The van der Waals surface area contributed by atoms with E-state index in [0.29, 0.717) is 5.57 Å². The molecular formula is C23H34NO7P. The number of hydrogen-bond acceptors (Lipinski definition) is 4. The van der Waals surface area contributed by atoms with Crippen LogP contribution in [0.15, 0.2) is 58.7 Å². The Morgan fingerprint density at radius 3 is 2.44 bits per heavy atom. The van der Waals surface area contributed by atoms with Gasteiger partial charge in [0.05, 0.1) is 6.61 Å². The predicted molar refractivity (Wildman–Crippen MR) is 124 cm³/mol. The summed E-state index contributed by atoms with van der Waals surface area (Å²) >= 11 is 0. The summed E-state index contributed by atoms with van der Waals surface area (Å²) in [6.07, 6.45) is 14.4. The summed E-state index contributed by atoms with van der Waals surface area (Å²) in [4.78, 5) is 40.5. The van der Waals surface area contributed by atoms with Gasteiger partial charge >= 0.3 is 13.8 Å². The molecule has 0 unspecified atom stereocenters. The molecule has 0 aliphatic heterocycles. The molecule has 4 N–H and O–H groups in total. The molecule has 1 aliphatic carbocycles. The van der Waals surface area contributed by atoms with Crippen molar-refractivity contribution in [3.8, 4) is 0 Å². The van der Waals surface area contributed by atoms with Crippen molar-refractivity contribution in [1.29, 1.82) is 0 Å². The second-order valence-corrected chi connectivity index (χ2v) is 9.85. The van der Waals surface area contributed by atoms with Crippen molar-refractivity contribution in [3.05, 3.63) is 58.7 Å². The van der Waals surface area contributed by atoms with E-state index in [2.05, 4.69) is 42.8 Å². The molecule has 0 bridgehead atoms. The first-order valence-electron chi connectivity index (χ1n) is 10.4. The van der Waals surface area contributed by atoms with Gasteiger partial charge in [0, 0.05) is 6.08 Å². The van der Waals surface area contributed by atoms with Gasteiger partial charge in [0.2, 0.25) is 5.91 Å². The first kappa shape index (κ1) is 27.8. The van der Waals surface area contributed by atoms with Crippen LogP contribution in [-0.4, -0.2) is 39.4 Å². The Hall–Kier alpha value is -2.25. The maximum absolute atomic E-state index is 12.0. The van der Waals surface area contributed by atoms with Crippen LogP contribution in [0.3, 0.4) is 0 Å². The number of phosphoric ester groups is 1. The lowest BCUT2D eigenvalue weighted by Gasteiger charge is -2.32. The number of phosphoric acid groups is 1. The Labute approximate surface area is 189 Å². The molecule has 0 radical (unpaired) electrons. The van der Waals surface area contributed by atoms with Gasteiger partial charge in [-0.05, 0) is 56.6 Å². The van der Waals surface area contributed by atoms with Crippen molar-refractivity contribution in [2.24, 2.45) is 5.41 Å². The number of carbonyl (C=O) groups is 2. The molecule has 1 rings (SSSR count). The number of allylic oxidation sites excluding steroid dienone is 9. The van der Waals surface area contributed by atoms with Crippen LogP contribution in [-0.2, 0) is 18.7 Å². The van der Waals surface area contributed by atoms with E-state index in [-0.39, 0.29) is 5.41 Å². The molecule has 0 fully saturated rings. The van der Waals surface area contributed by atoms with E-state index >= 15 is 0 Å². The van der Waals surface area contributed by atoms with Crippen molar-refractivity contribution in [2.45, 2.75) is 59.9 Å². The minimum absolute atomic E-state index is 0.172. The maximum atomic E-state index is 12.0. The molecule has 0 spiro atoms. The van der Waals surface area contributed by atoms with Crippen LogP contribution < -0.4 is 5.32 Å². The van der Waals surface area contributed by atoms with Gasteiger partial charge in [-0.15, -0.1) is 0 Å². The molecule has 8 nitrogen and oxygen atoms in total. The molecule has 32 heavy (non-hydrogen) atoms. The van der Waals surface area contributed by atoms with Gasteiger partial charge in [-0.2, -0.15) is 0 Å². The van der Waals surface area contributed by atoms with E-state index in [0.717, 1.165) is 12.0 Å². The molecule has 1 amide bonds. The predicted octanol–water partition coefficient (Wildman–Crippen LogP) is 4.20. The minimum Gasteiger partial charge on any atom is -0.480 e. The zero-order chi connectivity index (χ0) is 24.5. The summed E-state index contributed by atoms with van der Waals surface area (Å²) < 4.78 is 14.9. The highest BCUT2D eigenvalue weighted by Gasteiger charge is 2.26. The third kappa shape index (κ3) is 10.4. The number of amides is 1. The van der Waals surface area contributed by atoms with Crippen molar-refractivity contribution < 1.29 is 33.6 Å². The molecule has 0 saturated carbocycles. The molecule has 178 valence electrons. The summed E-state index contributed by atoms with van der Waals surface area (Å²) in [5.41, 5.74) is 4.59. The van der Waals surface area contributed by atoms with E-state index < -0.39 is 32.3 Å². The van der Waals surface area contributed by atoms with Gasteiger partial charge in [-0.3, -0.25) is 9.32 Å². The lowest BCUT2D eigenvalue weighted by Crippen LogP contribution is -2.43. The highest BCUT2D eigenvalue weighted by molar-refractivity contribution is 7.46. The molecular weight excluding hydrogens is 433 g/mol. The summed E-state index contributed by atoms with van der Waals surface area (Å²) in [6, 6.07) is -1.59. The normalized spacial score (nSPS) is 19.0. The molecule has 0 aromatic rings. The number of carbonyl (C=O) groups excluding carboxylic acids is 1. The van der Waals surface area contributed by atoms with Gasteiger partial charge in [-0.1, -0.05) is 55.4 Å². The lowest BCUT2D eigenvalue weighted by molar-refractivity contribution is -0.142. The first-order chi connectivity index (χ1) is 14.7. The van der Waals surface area contributed by atoms with Gasteiger partial charge < -0.3 is 20.2 Å². The van der Waals surface area contributed by atoms with Gasteiger partial charge in [0.25, 0.3) is 0 Å². The first-order valence-corrected chi connectivity index (χ1v) is 11.9. The minimum atomic E-state index is -4.84. The molecule has 0 heterocycles. The van der Waals surface area contributed by atoms with Crippen molar-refractivity contribution in [2.75, 3.05) is 6.61 Å². The van der Waals surface area contributed by atoms with E-state index in [1.807, 2.05) is 13.0 Å². The van der Waals surface area contributed by atoms with Crippen molar-refractivity contribution in [3.63, 3.8) is 0 Å². The molecule has 0 aromatic heterocycles. The number of rotatable bonds is 10. The average molecular weight is 467 g/mol. The number of carboxylic acids is 1. The SMILES string of the molecule is CC(C=CC1=C(C)CCCC1(C)C)=CC=C/C(C)=C\C(=O)N[C@@H](COP(=O)(O)O)C(=O)O. The Morgan fingerprint density at radius 1 is 1.22 bits per heavy atom. The zero-order valence-corrected chi connectivity index (χ0v) is 20.2. The summed E-state index contributed by atoms with van der Waals surface area (Å²) in [6.45, 7) is 9.52. The smallest absolute Gasteiger partial charge is 0.469 e. The topological polar surface area (TPSA) is 133 Å². The van der Waals surface area contributed by atoms with Crippen LogP contribution in [0.4, 0.5) is 0 Å². The van der Waals surface area contributed by atoms with Gasteiger partial charge in [0.15, 0.2) is 6.04 Å². The fraction of sp³-hybridized carbons (Fsp3) is 0.478. The van der Waals surface area contributed by atoms with E-state index in [9.17, 15) is 14.2 Å². The quantitative estimate of drug-likeness (QED) is 0.215. The molecule has 1 aliphatic rings. The Bertz CT molecular complexity index is 903. The largest absolute Gasteiger partial charge is 0.480 e. The molecule has 0 saturated heterocycles. The molecule has 9 heteroatoms. The summed E-state index contributed by atoms with van der Waals surface area (Å²) in [7, 11) is -4.84. The Kier molecular flexibility index (Phi) is 10.5. The highest BCUT2D eigenvalue weighted by Crippen LogP contribution is 2.40. The standard InChI is InChI=1S/C23H34NO7P/c1-16(11-12-19-18(3)10-7-13-23(19,4)5)8-6-9-17(2)14-21(25)24-20(22(26)27)15-31-32(28,29)30/h6,8-9,11-12,14,20H,7,10,13,15H2,1-5H3,(H,24,25)(H,26,27)(H2,28,29,30)/b9-6?,12-11?,16-8?,17-14-/t20-/m0/s1. The second kappa shape index (κ2) is 12.1. The van der Waals surface area contributed by atoms with Crippen LogP contribution in [0.25, 0.3) is 0 Å². The summed E-state index contributed by atoms with van der Waals surface area (Å²) in [5.74, 6) is -2.18. The van der Waals surface area contributed by atoms with Gasteiger partial charge in [-0.25, -0.2) is 9.36 Å². The van der Waals surface area contributed by atoms with Crippen LogP contribution in [0, 0.1) is 5.41 Å². The fourth-order valence-electron chi connectivity index (χ4n) is 3.45. The average Bonchev–Trinajstić information content (AvgIpc) is 2.63. The maximum Gasteiger partial charge on any atom is 0.469 e. The van der Waals surface area contributed by atoms with E-state index in [1.165, 1.54) is 30.1 Å². The molecule has 0 aromatic carbocycles. The van der Waals surface area contributed by atoms with Crippen LogP contribution in [0.2, 0.25) is 0 Å². The molecule has 1 atom stereocenters. The number of carboxylic acid groups (broad SMARTS) is 1. The third-order valence-electron chi connectivity index (χ3n) is 5.16. The number of nitrogens with one attached hydrogen (secondary N) is 1. The highest BCUT2D eigenvalue weighted by atomic mass is 31.2. The van der Waals surface area contributed by atoms with Crippen LogP contribution in [0.5, 0.6) is 0 Å². The lowest BCUT2D eigenvalue weighted by atomic mass is 9.72. The monoisotopic (exact) mass is 467 g/mol. The van der Waals surface area contributed by atoms with Crippen LogP contribution >= 0.6 is 7.82 Å². The van der Waals surface area contributed by atoms with Crippen LogP contribution in [0.1, 0.15) is 53.9 Å². The van der Waals surface area contributed by atoms with Crippen molar-refractivity contribution >= 4 is 19.7 Å². The number of aliphatic carboxylic acids is 1. The Balaban J connectivity index is 2.73. The van der Waals surface area contributed by atoms with E-state index in [4.69, 9.17) is 14.9 Å². The number of hydrogen-bond donors (Lipinski definition) is 4. The zero-order valence-electron chi connectivity index (χ0n) is 19.3. The fourth-order valence-corrected chi connectivity index (χ4v) is 3.79. The third-order valence-corrected chi connectivity index (χ3v) is 5.64. The van der Waals surface area contributed by atoms with E-state index in [1.54, 1.807) is 19.1 Å². The van der Waals surface area contributed by atoms with Crippen molar-refractivity contribution in [1.82, 2.24) is 5.32 Å². The van der Waals surface area contributed by atoms with Gasteiger partial charge in [0.1, 0.15) is 0 Å². The summed E-state index contributed by atoms with van der Waals surface area (Å²) in [5, 5.41) is 11.2. The second-order valence-electron chi connectivity index (χ2n) is 8.61. The Morgan fingerprint density at radius 2 is 1.88 bits per heavy atom.